The van der Waals surface area contributed by atoms with E-state index in [2.05, 4.69) is 20.9 Å². The maximum atomic E-state index is 12.2. The molecule has 1 aromatic carbocycles. The SMILES string of the molecule is NC(=O)c1ccc(-c2ccc(NC(=O)NCc3ccc([AsH2])nc3)cc2)nc1CCNC1CC1. The summed E-state index contributed by atoms with van der Waals surface area (Å²) in [6, 6.07) is 15.1. The summed E-state index contributed by atoms with van der Waals surface area (Å²) in [6.45, 7) is 1.16. The van der Waals surface area contributed by atoms with Crippen molar-refractivity contribution in [3.05, 3.63) is 71.5 Å². The second-order valence-corrected chi connectivity index (χ2v) is 9.25. The fourth-order valence-electron chi connectivity index (χ4n) is 3.38. The Morgan fingerprint density at radius 1 is 1.06 bits per heavy atom. The van der Waals surface area contributed by atoms with E-state index in [4.69, 9.17) is 10.7 Å². The molecular formula is C24H27AsN6O2. The number of rotatable bonds is 9. The summed E-state index contributed by atoms with van der Waals surface area (Å²) in [5.74, 6) is -0.469. The van der Waals surface area contributed by atoms with E-state index in [1.54, 1.807) is 18.3 Å². The van der Waals surface area contributed by atoms with Gasteiger partial charge in [0.1, 0.15) is 0 Å². The van der Waals surface area contributed by atoms with E-state index in [1.165, 1.54) is 29.7 Å². The predicted molar refractivity (Wildman–Crippen MR) is 131 cm³/mol. The minimum absolute atomic E-state index is 0.290. The smallest absolute Gasteiger partial charge is 0.0551 e. The van der Waals surface area contributed by atoms with E-state index in [0.717, 1.165) is 27.8 Å². The molecule has 1 atom stereocenters. The van der Waals surface area contributed by atoms with Gasteiger partial charge >= 0.3 is 114 Å². The number of nitrogens with one attached hydrogen (secondary N) is 3. The molecule has 0 radical (unpaired) electrons. The van der Waals surface area contributed by atoms with Crippen LogP contribution in [0.3, 0.4) is 0 Å². The van der Waals surface area contributed by atoms with Gasteiger partial charge in [-0.25, -0.2) is 0 Å². The molecule has 2 aromatic heterocycles. The van der Waals surface area contributed by atoms with Crippen LogP contribution in [0.1, 0.15) is 34.5 Å². The third kappa shape index (κ3) is 6.63. The maximum absolute atomic E-state index is 12.2. The van der Waals surface area contributed by atoms with Crippen LogP contribution in [0.25, 0.3) is 11.3 Å². The number of anilines is 1. The molecule has 4 rings (SSSR count). The van der Waals surface area contributed by atoms with Crippen LogP contribution in [0.4, 0.5) is 10.5 Å². The summed E-state index contributed by atoms with van der Waals surface area (Å²) in [6.07, 6.45) is 4.81. The Labute approximate surface area is 201 Å². The number of urea groups is 1. The first-order chi connectivity index (χ1) is 16.0. The van der Waals surface area contributed by atoms with Crippen molar-refractivity contribution in [3.63, 3.8) is 0 Å². The monoisotopic (exact) mass is 506 g/mol. The third-order valence-corrected chi connectivity index (χ3v) is 6.07. The number of pyridine rings is 2. The van der Waals surface area contributed by atoms with E-state index < -0.39 is 5.91 Å². The number of amides is 3. The second kappa shape index (κ2) is 10.6. The van der Waals surface area contributed by atoms with Crippen LogP contribution in [0.2, 0.25) is 0 Å². The Bertz CT molecular complexity index is 1130. The predicted octanol–water partition coefficient (Wildman–Crippen LogP) is 1.12. The Morgan fingerprint density at radius 3 is 2.52 bits per heavy atom. The average Bonchev–Trinajstić information content (AvgIpc) is 3.63. The van der Waals surface area contributed by atoms with Crippen LogP contribution in [-0.4, -0.2) is 51.3 Å². The van der Waals surface area contributed by atoms with Crippen LogP contribution < -0.4 is 26.2 Å². The van der Waals surface area contributed by atoms with Crippen LogP contribution in [0, 0.1) is 0 Å². The molecule has 0 spiro atoms. The van der Waals surface area contributed by atoms with Gasteiger partial charge in [-0.2, -0.15) is 0 Å². The number of carbonyl (C=O) groups excluding carboxylic acids is 2. The number of nitrogens with two attached hydrogens (primary N) is 1. The van der Waals surface area contributed by atoms with Crippen molar-refractivity contribution in [2.75, 3.05) is 11.9 Å². The summed E-state index contributed by atoms with van der Waals surface area (Å²) in [4.78, 5) is 32.9. The molecule has 3 amide bonds. The molecule has 170 valence electrons. The second-order valence-electron chi connectivity index (χ2n) is 8.01. The Kier molecular flexibility index (Phi) is 7.37. The molecule has 2 heterocycles. The minimum atomic E-state index is -0.469. The molecule has 5 N–H and O–H groups in total. The van der Waals surface area contributed by atoms with Crippen LogP contribution in [-0.2, 0) is 13.0 Å². The number of nitrogens with zero attached hydrogens (tertiary/aromatic N) is 2. The van der Waals surface area contributed by atoms with Crippen molar-refractivity contribution >= 4 is 39.0 Å². The molecule has 1 unspecified atom stereocenters. The fourth-order valence-corrected chi connectivity index (χ4v) is 3.74. The summed E-state index contributed by atoms with van der Waals surface area (Å²) >= 11 is 1.46. The molecule has 1 aliphatic rings. The molecule has 3 aromatic rings. The van der Waals surface area contributed by atoms with Gasteiger partial charge in [0, 0.05) is 19.0 Å². The van der Waals surface area contributed by atoms with Crippen molar-refractivity contribution in [3.8, 4) is 11.3 Å². The average molecular weight is 506 g/mol. The first-order valence-electron chi connectivity index (χ1n) is 10.9. The van der Waals surface area contributed by atoms with Gasteiger partial charge in [0.15, 0.2) is 0 Å². The number of benzene rings is 1. The maximum Gasteiger partial charge on any atom is 0.0551 e. The van der Waals surface area contributed by atoms with Crippen LogP contribution >= 0.6 is 0 Å². The van der Waals surface area contributed by atoms with Crippen molar-refractivity contribution < 1.29 is 9.59 Å². The Hall–Kier alpha value is -3.22. The topological polar surface area (TPSA) is 122 Å². The van der Waals surface area contributed by atoms with E-state index in [1.807, 2.05) is 36.4 Å². The Balaban J connectivity index is 1.37. The molecule has 8 nitrogen and oxygen atoms in total. The van der Waals surface area contributed by atoms with Gasteiger partial charge in [0.2, 0.25) is 0 Å². The van der Waals surface area contributed by atoms with Gasteiger partial charge < -0.3 is 11.1 Å². The van der Waals surface area contributed by atoms with Gasteiger partial charge in [0.25, 0.3) is 5.91 Å². The number of primary amides is 1. The standard InChI is InChI=1S/C24H27AsN6O2/c25-22-10-1-15(13-28-22)14-29-24(33)30-18-4-2-16(3-5-18)20-9-8-19(23(26)32)21(31-20)11-12-27-17-6-7-17/h1-5,8-10,13,17,27H,6-7,11-12,14,25H2,(H2,26,32)(H2,29,30,33). The molecule has 1 saturated carbocycles. The van der Waals surface area contributed by atoms with Crippen molar-refractivity contribution in [1.29, 1.82) is 0 Å². The van der Waals surface area contributed by atoms with Crippen molar-refractivity contribution in [2.45, 2.75) is 31.8 Å². The summed E-state index contributed by atoms with van der Waals surface area (Å²) < 4.78 is 0.997. The molecule has 0 saturated heterocycles. The van der Waals surface area contributed by atoms with Crippen molar-refractivity contribution in [1.82, 2.24) is 20.6 Å². The quantitative estimate of drug-likeness (QED) is 0.324. The van der Waals surface area contributed by atoms with Gasteiger partial charge in [-0.1, -0.05) is 0 Å². The molecule has 0 bridgehead atoms. The number of hydrogen-bond donors (Lipinski definition) is 4. The third-order valence-electron chi connectivity index (χ3n) is 5.35. The van der Waals surface area contributed by atoms with E-state index in [9.17, 15) is 9.59 Å². The van der Waals surface area contributed by atoms with E-state index in [-0.39, 0.29) is 6.03 Å². The Morgan fingerprint density at radius 2 is 1.85 bits per heavy atom. The summed E-state index contributed by atoms with van der Waals surface area (Å²) in [5, 5.41) is 9.09. The van der Waals surface area contributed by atoms with Gasteiger partial charge in [-0.15, -0.1) is 0 Å². The zero-order valence-corrected chi connectivity index (χ0v) is 20.6. The first-order valence-corrected chi connectivity index (χ1v) is 12.1. The molecule has 33 heavy (non-hydrogen) atoms. The van der Waals surface area contributed by atoms with Crippen molar-refractivity contribution in [2.24, 2.45) is 5.73 Å². The van der Waals surface area contributed by atoms with Crippen LogP contribution in [0.15, 0.2) is 54.7 Å². The largest absolute Gasteiger partial charge is 0.314 e. The molecule has 9 heteroatoms. The number of hydrogen-bond acceptors (Lipinski definition) is 5. The molecule has 1 fully saturated rings. The van der Waals surface area contributed by atoms with E-state index in [0.29, 0.717) is 36.0 Å². The molecule has 0 aliphatic heterocycles. The van der Waals surface area contributed by atoms with Gasteiger partial charge in [-0.3, -0.25) is 9.78 Å². The molecular weight excluding hydrogens is 479 g/mol. The number of aromatic nitrogens is 2. The summed E-state index contributed by atoms with van der Waals surface area (Å²) in [5.41, 5.74) is 9.94. The van der Waals surface area contributed by atoms with Gasteiger partial charge in [-0.05, 0) is 25.0 Å². The summed E-state index contributed by atoms with van der Waals surface area (Å²) in [7, 11) is 0. The first kappa shape index (κ1) is 23.0. The number of carbonyl (C=O) groups is 2. The van der Waals surface area contributed by atoms with Gasteiger partial charge in [0.05, 0.1) is 17.0 Å². The minimum Gasteiger partial charge on any atom is -0.314 e. The molecule has 1 aliphatic carbocycles. The van der Waals surface area contributed by atoms with E-state index >= 15 is 0 Å². The zero-order valence-electron chi connectivity index (χ0n) is 18.2. The zero-order chi connectivity index (χ0) is 23.2. The normalized spacial score (nSPS) is 12.9. The van der Waals surface area contributed by atoms with Crippen LogP contribution in [0.5, 0.6) is 0 Å². The fraction of sp³-hybridized carbons (Fsp3) is 0.250.